The summed E-state index contributed by atoms with van der Waals surface area (Å²) in [7, 11) is 1.44. The van der Waals surface area contributed by atoms with Crippen LogP contribution in [-0.4, -0.2) is 25.3 Å². The van der Waals surface area contributed by atoms with Gasteiger partial charge in [-0.2, -0.15) is 0 Å². The van der Waals surface area contributed by atoms with Gasteiger partial charge in [0.1, 0.15) is 0 Å². The SMILES string of the molecule is COC(=O)CC1CCOC(C)(C)C1(C)C. The molecule has 0 aromatic rings. The van der Waals surface area contributed by atoms with Crippen molar-refractivity contribution >= 4 is 5.97 Å². The fraction of sp³-hybridized carbons (Fsp3) is 0.917. The van der Waals surface area contributed by atoms with Crippen LogP contribution in [0.4, 0.5) is 0 Å². The monoisotopic (exact) mass is 214 g/mol. The van der Waals surface area contributed by atoms with Crippen molar-refractivity contribution < 1.29 is 14.3 Å². The van der Waals surface area contributed by atoms with Gasteiger partial charge in [0.15, 0.2) is 0 Å². The molecular weight excluding hydrogens is 192 g/mol. The number of methoxy groups -OCH3 is 1. The van der Waals surface area contributed by atoms with Gasteiger partial charge in [0.2, 0.25) is 0 Å². The van der Waals surface area contributed by atoms with Gasteiger partial charge < -0.3 is 9.47 Å². The molecule has 0 bridgehead atoms. The molecule has 0 spiro atoms. The van der Waals surface area contributed by atoms with Crippen molar-refractivity contribution in [1.29, 1.82) is 0 Å². The maximum Gasteiger partial charge on any atom is 0.305 e. The van der Waals surface area contributed by atoms with Crippen LogP contribution in [0.2, 0.25) is 0 Å². The molecule has 1 rings (SSSR count). The molecule has 1 atom stereocenters. The predicted molar refractivity (Wildman–Crippen MR) is 58.6 cm³/mol. The van der Waals surface area contributed by atoms with Crippen LogP contribution < -0.4 is 0 Å². The van der Waals surface area contributed by atoms with Gasteiger partial charge in [-0.1, -0.05) is 13.8 Å². The van der Waals surface area contributed by atoms with E-state index in [1.165, 1.54) is 7.11 Å². The molecule has 1 aliphatic rings. The Bertz CT molecular complexity index is 243. The molecule has 0 aliphatic carbocycles. The van der Waals surface area contributed by atoms with Crippen LogP contribution in [-0.2, 0) is 14.3 Å². The lowest BCUT2D eigenvalue weighted by molar-refractivity contribution is -0.172. The molecule has 88 valence electrons. The van der Waals surface area contributed by atoms with Crippen molar-refractivity contribution in [3.8, 4) is 0 Å². The summed E-state index contributed by atoms with van der Waals surface area (Å²) in [5.41, 5.74) is -0.177. The number of rotatable bonds is 2. The third kappa shape index (κ3) is 2.33. The number of esters is 1. The first-order valence-electron chi connectivity index (χ1n) is 5.52. The van der Waals surface area contributed by atoms with E-state index >= 15 is 0 Å². The van der Waals surface area contributed by atoms with Crippen molar-refractivity contribution in [1.82, 2.24) is 0 Å². The van der Waals surface area contributed by atoms with Crippen LogP contribution in [0.3, 0.4) is 0 Å². The molecule has 15 heavy (non-hydrogen) atoms. The highest BCUT2D eigenvalue weighted by atomic mass is 16.5. The summed E-state index contributed by atoms with van der Waals surface area (Å²) >= 11 is 0. The van der Waals surface area contributed by atoms with Gasteiger partial charge in [-0.05, 0) is 31.6 Å². The lowest BCUT2D eigenvalue weighted by atomic mass is 9.64. The minimum Gasteiger partial charge on any atom is -0.469 e. The fourth-order valence-electron chi connectivity index (χ4n) is 2.14. The Balaban J connectivity index is 2.76. The molecule has 3 heteroatoms. The highest BCUT2D eigenvalue weighted by Crippen LogP contribution is 2.47. The van der Waals surface area contributed by atoms with Crippen molar-refractivity contribution in [3.63, 3.8) is 0 Å². The molecule has 1 fully saturated rings. The van der Waals surface area contributed by atoms with Gasteiger partial charge in [-0.25, -0.2) is 0 Å². The Hall–Kier alpha value is -0.570. The van der Waals surface area contributed by atoms with E-state index in [0.717, 1.165) is 13.0 Å². The molecule has 0 radical (unpaired) electrons. The van der Waals surface area contributed by atoms with Crippen LogP contribution in [0.15, 0.2) is 0 Å². The quantitative estimate of drug-likeness (QED) is 0.662. The molecule has 3 nitrogen and oxygen atoms in total. The Morgan fingerprint density at radius 1 is 1.40 bits per heavy atom. The molecule has 1 saturated heterocycles. The number of ether oxygens (including phenoxy) is 2. The average Bonchev–Trinajstić information content (AvgIpc) is 2.13. The third-order valence-electron chi connectivity index (χ3n) is 4.14. The van der Waals surface area contributed by atoms with Crippen LogP contribution >= 0.6 is 0 Å². The first-order chi connectivity index (χ1) is 6.81. The first-order valence-corrected chi connectivity index (χ1v) is 5.52. The summed E-state index contributed by atoms with van der Waals surface area (Å²) < 4.78 is 10.5. The largest absolute Gasteiger partial charge is 0.469 e. The standard InChI is InChI=1S/C12H22O3/c1-11(2)9(8-10(13)14-5)6-7-15-12(11,3)4/h9H,6-8H2,1-5H3. The van der Waals surface area contributed by atoms with Crippen LogP contribution in [0.25, 0.3) is 0 Å². The van der Waals surface area contributed by atoms with Crippen LogP contribution in [0.1, 0.15) is 40.5 Å². The van der Waals surface area contributed by atoms with Gasteiger partial charge in [0, 0.05) is 13.0 Å². The van der Waals surface area contributed by atoms with E-state index in [0.29, 0.717) is 12.3 Å². The molecule has 0 aromatic carbocycles. The number of hydrogen-bond donors (Lipinski definition) is 0. The van der Waals surface area contributed by atoms with Crippen LogP contribution in [0.5, 0.6) is 0 Å². The van der Waals surface area contributed by atoms with E-state index in [9.17, 15) is 4.79 Å². The van der Waals surface area contributed by atoms with Crippen molar-refractivity contribution in [2.24, 2.45) is 11.3 Å². The minimum atomic E-state index is -0.177. The maximum absolute atomic E-state index is 11.3. The van der Waals surface area contributed by atoms with E-state index in [2.05, 4.69) is 27.7 Å². The zero-order valence-corrected chi connectivity index (χ0v) is 10.4. The summed E-state index contributed by atoms with van der Waals surface area (Å²) in [5.74, 6) is 0.222. The van der Waals surface area contributed by atoms with E-state index in [4.69, 9.17) is 9.47 Å². The second kappa shape index (κ2) is 4.12. The number of carbonyl (C=O) groups excluding carboxylic acids is 1. The first kappa shape index (κ1) is 12.5. The summed E-state index contributed by atoms with van der Waals surface area (Å²) in [6.45, 7) is 9.25. The van der Waals surface area contributed by atoms with Crippen molar-refractivity contribution in [3.05, 3.63) is 0 Å². The zero-order chi connectivity index (χ0) is 11.7. The van der Waals surface area contributed by atoms with Gasteiger partial charge in [0.05, 0.1) is 12.7 Å². The molecule has 0 aromatic heterocycles. The summed E-state index contributed by atoms with van der Waals surface area (Å²) in [6.07, 6.45) is 1.43. The third-order valence-corrected chi connectivity index (χ3v) is 4.14. The Labute approximate surface area is 92.1 Å². The summed E-state index contributed by atoms with van der Waals surface area (Å²) in [4.78, 5) is 11.3. The highest BCUT2D eigenvalue weighted by molar-refractivity contribution is 5.69. The molecular formula is C12H22O3. The highest BCUT2D eigenvalue weighted by Gasteiger charge is 2.47. The predicted octanol–water partition coefficient (Wildman–Crippen LogP) is 2.39. The van der Waals surface area contributed by atoms with Crippen molar-refractivity contribution in [2.75, 3.05) is 13.7 Å². The molecule has 0 amide bonds. The van der Waals surface area contributed by atoms with E-state index in [1.54, 1.807) is 0 Å². The van der Waals surface area contributed by atoms with Gasteiger partial charge >= 0.3 is 5.97 Å². The molecule has 1 aliphatic heterocycles. The zero-order valence-electron chi connectivity index (χ0n) is 10.4. The molecule has 1 unspecified atom stereocenters. The van der Waals surface area contributed by atoms with E-state index in [-0.39, 0.29) is 17.0 Å². The summed E-state index contributed by atoms with van der Waals surface area (Å²) in [5, 5.41) is 0. The molecule has 1 heterocycles. The average molecular weight is 214 g/mol. The van der Waals surface area contributed by atoms with Gasteiger partial charge in [-0.15, -0.1) is 0 Å². The fourth-order valence-corrected chi connectivity index (χ4v) is 2.14. The lowest BCUT2D eigenvalue weighted by Crippen LogP contribution is -2.51. The molecule has 0 saturated carbocycles. The van der Waals surface area contributed by atoms with Crippen LogP contribution in [0, 0.1) is 11.3 Å². The second-order valence-corrected chi connectivity index (χ2v) is 5.35. The minimum absolute atomic E-state index is 0.000556. The Morgan fingerprint density at radius 3 is 2.53 bits per heavy atom. The van der Waals surface area contributed by atoms with Gasteiger partial charge in [0.25, 0.3) is 0 Å². The smallest absolute Gasteiger partial charge is 0.305 e. The molecule has 0 N–H and O–H groups in total. The summed E-state index contributed by atoms with van der Waals surface area (Å²) in [6, 6.07) is 0. The normalized spacial score (nSPS) is 28.5. The van der Waals surface area contributed by atoms with Crippen molar-refractivity contribution in [2.45, 2.75) is 46.1 Å². The second-order valence-electron chi connectivity index (χ2n) is 5.35. The lowest BCUT2D eigenvalue weighted by Gasteiger charge is -2.50. The Kier molecular flexibility index (Phi) is 3.44. The topological polar surface area (TPSA) is 35.5 Å². The number of hydrogen-bond acceptors (Lipinski definition) is 3. The van der Waals surface area contributed by atoms with E-state index in [1.807, 2.05) is 0 Å². The van der Waals surface area contributed by atoms with Gasteiger partial charge in [-0.3, -0.25) is 4.79 Å². The maximum atomic E-state index is 11.3. The van der Waals surface area contributed by atoms with E-state index < -0.39 is 0 Å². The Morgan fingerprint density at radius 2 is 2.00 bits per heavy atom. The number of carbonyl (C=O) groups is 1.